The van der Waals surface area contributed by atoms with Crippen molar-refractivity contribution in [2.24, 2.45) is 10.7 Å². The number of rotatable bonds is 3. The molecule has 112 valence electrons. The standard InChI is InChI=1S/C9H14N4O7/c10-7-3(13(18)19)1-12(9(17)11-7)8-6(16)5(15)4(2-14)20-8/h1,4-6,8-9,14-17H,2H2,(H2,10,11)/t4-,5-,6-,8-,9?/m1/s1. The van der Waals surface area contributed by atoms with E-state index in [1.165, 1.54) is 0 Å². The van der Waals surface area contributed by atoms with E-state index in [9.17, 15) is 25.4 Å². The van der Waals surface area contributed by atoms with Crippen molar-refractivity contribution in [2.75, 3.05) is 6.61 Å². The van der Waals surface area contributed by atoms with Crippen LogP contribution in [0.5, 0.6) is 0 Å². The highest BCUT2D eigenvalue weighted by Crippen LogP contribution is 2.27. The lowest BCUT2D eigenvalue weighted by molar-refractivity contribution is -0.417. The summed E-state index contributed by atoms with van der Waals surface area (Å²) in [6.07, 6.45) is -5.99. The molecule has 5 atom stereocenters. The number of aliphatic hydroxyl groups is 4. The number of aliphatic imine (C=N–C) groups is 1. The maximum atomic E-state index is 10.8. The molecule has 0 radical (unpaired) electrons. The molecule has 2 aliphatic heterocycles. The van der Waals surface area contributed by atoms with Gasteiger partial charge in [-0.15, -0.1) is 0 Å². The molecule has 11 nitrogen and oxygen atoms in total. The van der Waals surface area contributed by atoms with Crippen LogP contribution in [-0.4, -0.2) is 73.6 Å². The van der Waals surface area contributed by atoms with E-state index in [-0.39, 0.29) is 0 Å². The average molecular weight is 290 g/mol. The zero-order valence-electron chi connectivity index (χ0n) is 10.1. The fourth-order valence-electron chi connectivity index (χ4n) is 2.00. The van der Waals surface area contributed by atoms with Gasteiger partial charge in [0.05, 0.1) is 17.7 Å². The van der Waals surface area contributed by atoms with Crippen molar-refractivity contribution in [1.29, 1.82) is 0 Å². The lowest BCUT2D eigenvalue weighted by atomic mass is 10.1. The molecule has 0 spiro atoms. The van der Waals surface area contributed by atoms with Gasteiger partial charge in [-0.3, -0.25) is 15.0 Å². The molecule has 1 saturated heterocycles. The van der Waals surface area contributed by atoms with E-state index in [1.807, 2.05) is 0 Å². The van der Waals surface area contributed by atoms with E-state index in [2.05, 4.69) is 4.99 Å². The van der Waals surface area contributed by atoms with Gasteiger partial charge in [0.25, 0.3) is 0 Å². The summed E-state index contributed by atoms with van der Waals surface area (Å²) in [7, 11) is 0. The zero-order valence-corrected chi connectivity index (χ0v) is 10.1. The summed E-state index contributed by atoms with van der Waals surface area (Å²) in [6, 6.07) is 0. The first-order valence-electron chi connectivity index (χ1n) is 5.64. The number of hydrogen-bond acceptors (Lipinski definition) is 10. The van der Waals surface area contributed by atoms with Crippen molar-refractivity contribution >= 4 is 5.84 Å². The first kappa shape index (κ1) is 14.6. The SMILES string of the molecule is NC1=NC(O)N([C@@H]2O[C@H](CO)[C@@H](O)[C@H]2O)C=C1[N+](=O)[O-]. The van der Waals surface area contributed by atoms with Gasteiger partial charge in [-0.2, -0.15) is 0 Å². The van der Waals surface area contributed by atoms with E-state index >= 15 is 0 Å². The topological polar surface area (TPSA) is 175 Å². The minimum Gasteiger partial charge on any atom is -0.394 e. The quantitative estimate of drug-likeness (QED) is 0.260. The predicted octanol–water partition coefficient (Wildman–Crippen LogP) is -3.51. The summed E-state index contributed by atoms with van der Waals surface area (Å²) in [5.41, 5.74) is 4.73. The summed E-state index contributed by atoms with van der Waals surface area (Å²) in [6.45, 7) is -0.560. The second kappa shape index (κ2) is 5.30. The molecule has 2 aliphatic rings. The maximum Gasteiger partial charge on any atom is 0.326 e. The van der Waals surface area contributed by atoms with Crippen molar-refractivity contribution in [1.82, 2.24) is 4.90 Å². The third-order valence-corrected chi connectivity index (χ3v) is 3.06. The molecular formula is C9H14N4O7. The van der Waals surface area contributed by atoms with E-state index < -0.39 is 54.0 Å². The predicted molar refractivity (Wildman–Crippen MR) is 62.3 cm³/mol. The van der Waals surface area contributed by atoms with Gasteiger partial charge in [-0.25, -0.2) is 4.99 Å². The lowest BCUT2D eigenvalue weighted by Gasteiger charge is -2.32. The third-order valence-electron chi connectivity index (χ3n) is 3.06. The average Bonchev–Trinajstić information content (AvgIpc) is 2.66. The Kier molecular flexibility index (Phi) is 3.87. The molecule has 1 unspecified atom stereocenters. The molecule has 0 aromatic carbocycles. The molecule has 20 heavy (non-hydrogen) atoms. The van der Waals surface area contributed by atoms with Crippen LogP contribution in [0.1, 0.15) is 0 Å². The van der Waals surface area contributed by atoms with Gasteiger partial charge < -0.3 is 30.9 Å². The molecule has 1 fully saturated rings. The Morgan fingerprint density at radius 2 is 2.10 bits per heavy atom. The molecule has 2 heterocycles. The molecule has 11 heteroatoms. The van der Waals surface area contributed by atoms with Gasteiger partial charge in [0.1, 0.15) is 18.3 Å². The molecule has 2 rings (SSSR count). The highest BCUT2D eigenvalue weighted by molar-refractivity contribution is 5.95. The molecule has 0 aromatic rings. The highest BCUT2D eigenvalue weighted by atomic mass is 16.6. The van der Waals surface area contributed by atoms with Crippen molar-refractivity contribution in [3.8, 4) is 0 Å². The van der Waals surface area contributed by atoms with E-state index in [4.69, 9.17) is 15.6 Å². The van der Waals surface area contributed by atoms with Crippen LogP contribution >= 0.6 is 0 Å². The van der Waals surface area contributed by atoms with Crippen molar-refractivity contribution in [3.05, 3.63) is 22.0 Å². The van der Waals surface area contributed by atoms with Crippen LogP contribution < -0.4 is 5.73 Å². The van der Waals surface area contributed by atoms with Crippen LogP contribution in [0.3, 0.4) is 0 Å². The third kappa shape index (κ3) is 2.32. The Bertz CT molecular complexity index is 467. The Morgan fingerprint density at radius 1 is 1.45 bits per heavy atom. The first-order chi connectivity index (χ1) is 9.36. The number of hydrogen-bond donors (Lipinski definition) is 5. The number of ether oxygens (including phenoxy) is 1. The summed E-state index contributed by atoms with van der Waals surface area (Å²) >= 11 is 0. The number of nitrogens with two attached hydrogens (primary N) is 1. The Labute approximate surface area is 112 Å². The Morgan fingerprint density at radius 3 is 2.60 bits per heavy atom. The number of nitrogens with zero attached hydrogens (tertiary/aromatic N) is 3. The summed E-state index contributed by atoms with van der Waals surface area (Å²) in [5, 5.41) is 48.9. The number of nitro groups is 1. The van der Waals surface area contributed by atoms with Crippen LogP contribution in [0.15, 0.2) is 16.9 Å². The van der Waals surface area contributed by atoms with Gasteiger partial charge in [0.2, 0.25) is 12.2 Å². The van der Waals surface area contributed by atoms with E-state index in [1.54, 1.807) is 0 Å². The zero-order chi connectivity index (χ0) is 15.0. The monoisotopic (exact) mass is 290 g/mol. The van der Waals surface area contributed by atoms with E-state index in [0.717, 1.165) is 11.1 Å². The molecule has 0 amide bonds. The van der Waals surface area contributed by atoms with Crippen LogP contribution in [-0.2, 0) is 4.74 Å². The summed E-state index contributed by atoms with van der Waals surface area (Å²) < 4.78 is 5.15. The minimum absolute atomic E-state index is 0.467. The Balaban J connectivity index is 2.27. The van der Waals surface area contributed by atoms with Crippen molar-refractivity contribution < 1.29 is 30.1 Å². The largest absolute Gasteiger partial charge is 0.394 e. The fourth-order valence-corrected chi connectivity index (χ4v) is 2.00. The van der Waals surface area contributed by atoms with Gasteiger partial charge >= 0.3 is 5.70 Å². The Hall–Kier alpha value is -1.79. The lowest BCUT2D eigenvalue weighted by Crippen LogP contribution is -2.49. The van der Waals surface area contributed by atoms with Crippen LogP contribution in [0.4, 0.5) is 0 Å². The number of amidine groups is 1. The second-order valence-electron chi connectivity index (χ2n) is 4.31. The molecule has 0 bridgehead atoms. The van der Waals surface area contributed by atoms with Crippen LogP contribution in [0.2, 0.25) is 0 Å². The van der Waals surface area contributed by atoms with E-state index in [0.29, 0.717) is 0 Å². The van der Waals surface area contributed by atoms with Crippen molar-refractivity contribution in [3.63, 3.8) is 0 Å². The smallest absolute Gasteiger partial charge is 0.326 e. The second-order valence-corrected chi connectivity index (χ2v) is 4.31. The van der Waals surface area contributed by atoms with Crippen LogP contribution in [0.25, 0.3) is 0 Å². The maximum absolute atomic E-state index is 10.8. The fraction of sp³-hybridized carbons (Fsp3) is 0.667. The van der Waals surface area contributed by atoms with Gasteiger partial charge in [0.15, 0.2) is 6.23 Å². The first-order valence-corrected chi connectivity index (χ1v) is 5.64. The van der Waals surface area contributed by atoms with Gasteiger partial charge in [-0.1, -0.05) is 0 Å². The molecule has 0 aromatic heterocycles. The summed E-state index contributed by atoms with van der Waals surface area (Å²) in [5.74, 6) is -0.467. The molecule has 0 saturated carbocycles. The van der Waals surface area contributed by atoms with Crippen LogP contribution in [0, 0.1) is 10.1 Å². The molecular weight excluding hydrogens is 276 g/mol. The highest BCUT2D eigenvalue weighted by Gasteiger charge is 2.47. The number of aliphatic hydroxyl groups excluding tert-OH is 4. The minimum atomic E-state index is -1.61. The normalized spacial score (nSPS) is 37.6. The van der Waals surface area contributed by atoms with Gasteiger partial charge in [0, 0.05) is 0 Å². The van der Waals surface area contributed by atoms with Crippen molar-refractivity contribution in [2.45, 2.75) is 30.9 Å². The molecule has 6 N–H and O–H groups in total. The summed E-state index contributed by atoms with van der Waals surface area (Å²) in [4.78, 5) is 14.3. The molecule has 0 aliphatic carbocycles. The van der Waals surface area contributed by atoms with Gasteiger partial charge in [-0.05, 0) is 0 Å².